The molecule has 5 nitrogen and oxygen atoms in total. The van der Waals surface area contributed by atoms with Crippen LogP contribution in [-0.4, -0.2) is 38.3 Å². The van der Waals surface area contributed by atoms with Crippen LogP contribution in [0.2, 0.25) is 5.02 Å². The van der Waals surface area contributed by atoms with Crippen LogP contribution in [0.15, 0.2) is 42.5 Å². The Labute approximate surface area is 185 Å². The zero-order chi connectivity index (χ0) is 21.7. The number of halogens is 2. The number of hydrogen-bond donors (Lipinski definition) is 1. The molecule has 0 bridgehead atoms. The lowest BCUT2D eigenvalue weighted by Gasteiger charge is -2.27. The molecule has 1 amide bonds. The lowest BCUT2D eigenvalue weighted by Crippen LogP contribution is -2.35. The molecule has 1 aliphatic heterocycles. The molecule has 7 heteroatoms. The van der Waals surface area contributed by atoms with E-state index in [2.05, 4.69) is 0 Å². The summed E-state index contributed by atoms with van der Waals surface area (Å²) in [6.07, 6.45) is 0.789. The molecule has 160 valence electrons. The number of aliphatic hydroxyl groups excluding tert-OH is 1. The smallest absolute Gasteiger partial charge is 0.219 e. The molecule has 0 saturated carbocycles. The molecular formula is C24H23ClFN3O2. The van der Waals surface area contributed by atoms with Crippen LogP contribution < -0.4 is 0 Å². The fourth-order valence-corrected chi connectivity index (χ4v) is 5.01. The Morgan fingerprint density at radius 1 is 1.26 bits per heavy atom. The van der Waals surface area contributed by atoms with Crippen molar-refractivity contribution in [1.82, 2.24) is 14.7 Å². The average Bonchev–Trinajstić information content (AvgIpc) is 3.26. The van der Waals surface area contributed by atoms with Gasteiger partial charge < -0.3 is 10.0 Å². The standard InChI is InChI=1S/C24H23ClFN3O2/c1-14(30)28-9-8-22-21(12-28)24(15-3-6-18(26)7-4-15)27-29(22)13-20-19-11-17(25)5-2-16(19)10-23(20)31/h2-7,11,20,23,31H,8-10,12-13H2,1H3/t20?,23-/m1/s1. The summed E-state index contributed by atoms with van der Waals surface area (Å²) in [5.74, 6) is -0.382. The average molecular weight is 440 g/mol. The first kappa shape index (κ1) is 20.2. The molecule has 2 aliphatic rings. The summed E-state index contributed by atoms with van der Waals surface area (Å²) in [6.45, 7) is 3.21. The summed E-state index contributed by atoms with van der Waals surface area (Å²) < 4.78 is 15.5. The van der Waals surface area contributed by atoms with Crippen molar-refractivity contribution in [1.29, 1.82) is 0 Å². The summed E-state index contributed by atoms with van der Waals surface area (Å²) >= 11 is 6.23. The zero-order valence-corrected chi connectivity index (χ0v) is 17.9. The third-order valence-electron chi connectivity index (χ3n) is 6.47. The second kappa shape index (κ2) is 7.77. The molecule has 0 spiro atoms. The molecule has 1 N–H and O–H groups in total. The number of hydrogen-bond acceptors (Lipinski definition) is 3. The molecule has 2 atom stereocenters. The number of benzene rings is 2. The van der Waals surface area contributed by atoms with Crippen LogP contribution in [0, 0.1) is 5.82 Å². The van der Waals surface area contributed by atoms with Gasteiger partial charge in [0.25, 0.3) is 0 Å². The van der Waals surface area contributed by atoms with Gasteiger partial charge in [-0.3, -0.25) is 9.48 Å². The topological polar surface area (TPSA) is 58.4 Å². The van der Waals surface area contributed by atoms with Gasteiger partial charge in [0.05, 0.1) is 18.3 Å². The summed E-state index contributed by atoms with van der Waals surface area (Å²) in [6, 6.07) is 12.0. The third kappa shape index (κ3) is 3.64. The van der Waals surface area contributed by atoms with Crippen molar-refractivity contribution < 1.29 is 14.3 Å². The van der Waals surface area contributed by atoms with Crippen LogP contribution in [0.25, 0.3) is 11.3 Å². The van der Waals surface area contributed by atoms with E-state index in [1.54, 1.807) is 24.0 Å². The summed E-state index contributed by atoms with van der Waals surface area (Å²) in [5.41, 5.74) is 5.82. The predicted octanol–water partition coefficient (Wildman–Crippen LogP) is 3.95. The van der Waals surface area contributed by atoms with Crippen LogP contribution in [0.5, 0.6) is 0 Å². The Morgan fingerprint density at radius 2 is 2.03 bits per heavy atom. The minimum Gasteiger partial charge on any atom is -0.392 e. The second-order valence-corrected chi connectivity index (χ2v) is 8.81. The SMILES string of the molecule is CC(=O)N1CCc2c(c(-c3ccc(F)cc3)nn2CC2c3cc(Cl)ccc3C[C@H]2O)C1. The maximum atomic E-state index is 13.5. The molecule has 2 aromatic carbocycles. The number of amides is 1. The van der Waals surface area contributed by atoms with Gasteiger partial charge in [-0.25, -0.2) is 4.39 Å². The summed E-state index contributed by atoms with van der Waals surface area (Å²) in [5, 5.41) is 16.3. The van der Waals surface area contributed by atoms with Crippen LogP contribution in [0.4, 0.5) is 4.39 Å². The van der Waals surface area contributed by atoms with Crippen molar-refractivity contribution in [2.45, 2.75) is 44.9 Å². The maximum absolute atomic E-state index is 13.5. The largest absolute Gasteiger partial charge is 0.392 e. The van der Waals surface area contributed by atoms with E-state index in [-0.39, 0.29) is 17.6 Å². The van der Waals surface area contributed by atoms with E-state index in [9.17, 15) is 14.3 Å². The van der Waals surface area contributed by atoms with E-state index >= 15 is 0 Å². The quantitative estimate of drug-likeness (QED) is 0.672. The number of carbonyl (C=O) groups excluding carboxylic acids is 1. The van der Waals surface area contributed by atoms with Crippen molar-refractivity contribution in [3.8, 4) is 11.3 Å². The van der Waals surface area contributed by atoms with Crippen molar-refractivity contribution >= 4 is 17.5 Å². The van der Waals surface area contributed by atoms with Crippen LogP contribution in [0.3, 0.4) is 0 Å². The van der Waals surface area contributed by atoms with E-state index in [4.69, 9.17) is 16.7 Å². The minimum atomic E-state index is -0.500. The Morgan fingerprint density at radius 3 is 2.77 bits per heavy atom. The van der Waals surface area contributed by atoms with Gasteiger partial charge in [-0.05, 0) is 53.9 Å². The number of rotatable bonds is 3. The van der Waals surface area contributed by atoms with Crippen LogP contribution in [-0.2, 0) is 30.7 Å². The third-order valence-corrected chi connectivity index (χ3v) is 6.70. The molecule has 0 radical (unpaired) electrons. The van der Waals surface area contributed by atoms with Gasteiger partial charge in [0.15, 0.2) is 0 Å². The second-order valence-electron chi connectivity index (χ2n) is 8.37. The van der Waals surface area contributed by atoms with Crippen molar-refractivity contribution in [2.24, 2.45) is 0 Å². The number of aliphatic hydroxyl groups is 1. The number of aromatic nitrogens is 2. The van der Waals surface area contributed by atoms with Crippen LogP contribution >= 0.6 is 11.6 Å². The first-order valence-corrected chi connectivity index (χ1v) is 10.8. The first-order chi connectivity index (χ1) is 14.9. The highest BCUT2D eigenvalue weighted by atomic mass is 35.5. The van der Waals surface area contributed by atoms with Crippen molar-refractivity contribution in [2.75, 3.05) is 6.54 Å². The zero-order valence-electron chi connectivity index (χ0n) is 17.2. The van der Waals surface area contributed by atoms with Gasteiger partial charge in [-0.15, -0.1) is 0 Å². The van der Waals surface area contributed by atoms with Crippen LogP contribution in [0.1, 0.15) is 35.2 Å². The summed E-state index contributed by atoms with van der Waals surface area (Å²) in [7, 11) is 0. The molecule has 1 unspecified atom stereocenters. The highest BCUT2D eigenvalue weighted by Crippen LogP contribution is 2.38. The molecular weight excluding hydrogens is 417 g/mol. The maximum Gasteiger partial charge on any atom is 0.219 e. The number of nitrogens with zero attached hydrogens (tertiary/aromatic N) is 3. The first-order valence-electron chi connectivity index (χ1n) is 10.5. The van der Waals surface area contributed by atoms with E-state index in [0.717, 1.165) is 33.6 Å². The van der Waals surface area contributed by atoms with E-state index < -0.39 is 6.10 Å². The molecule has 2 heterocycles. The molecule has 3 aromatic rings. The Bertz CT molecular complexity index is 1160. The fraction of sp³-hybridized carbons (Fsp3) is 0.333. The molecule has 1 aliphatic carbocycles. The van der Waals surface area contributed by atoms with Gasteiger partial charge in [0.1, 0.15) is 5.82 Å². The Kier molecular flexibility index (Phi) is 5.07. The fourth-order valence-electron chi connectivity index (χ4n) is 4.83. The van der Waals surface area contributed by atoms with E-state index in [1.807, 2.05) is 22.9 Å². The highest BCUT2D eigenvalue weighted by Gasteiger charge is 2.34. The van der Waals surface area contributed by atoms with Gasteiger partial charge in [0.2, 0.25) is 5.91 Å². The van der Waals surface area contributed by atoms with Crippen molar-refractivity contribution in [3.05, 3.63) is 75.7 Å². The minimum absolute atomic E-state index is 0.0261. The van der Waals surface area contributed by atoms with Crippen molar-refractivity contribution in [3.63, 3.8) is 0 Å². The molecule has 0 fully saturated rings. The van der Waals surface area contributed by atoms with E-state index in [1.165, 1.54) is 12.1 Å². The molecule has 1 aromatic heterocycles. The Hall–Kier alpha value is -2.70. The molecule has 5 rings (SSSR count). The molecule has 31 heavy (non-hydrogen) atoms. The predicted molar refractivity (Wildman–Crippen MR) is 116 cm³/mol. The van der Waals surface area contributed by atoms with Gasteiger partial charge in [-0.2, -0.15) is 5.10 Å². The monoisotopic (exact) mass is 439 g/mol. The van der Waals surface area contributed by atoms with Gasteiger partial charge in [0, 0.05) is 54.2 Å². The highest BCUT2D eigenvalue weighted by molar-refractivity contribution is 6.30. The lowest BCUT2D eigenvalue weighted by molar-refractivity contribution is -0.129. The molecule has 0 saturated heterocycles. The van der Waals surface area contributed by atoms with Gasteiger partial charge >= 0.3 is 0 Å². The number of carbonyl (C=O) groups is 1. The van der Waals surface area contributed by atoms with Gasteiger partial charge in [-0.1, -0.05) is 17.7 Å². The normalized spacial score (nSPS) is 19.9. The summed E-state index contributed by atoms with van der Waals surface area (Å²) in [4.78, 5) is 13.8. The van der Waals surface area contributed by atoms with E-state index in [0.29, 0.717) is 37.5 Å². The number of fused-ring (bicyclic) bond motifs is 2. The Balaban J connectivity index is 1.56. The lowest BCUT2D eigenvalue weighted by atomic mass is 9.98.